The van der Waals surface area contributed by atoms with Crippen molar-refractivity contribution in [2.24, 2.45) is 0 Å². The number of benzene rings is 2. The molecular formula is C17H13BrN2O. The van der Waals surface area contributed by atoms with Gasteiger partial charge >= 0.3 is 0 Å². The zero-order chi connectivity index (χ0) is 14.8. The first-order valence-electron chi connectivity index (χ1n) is 6.55. The van der Waals surface area contributed by atoms with Crippen molar-refractivity contribution in [1.29, 1.82) is 0 Å². The number of carbonyl (C=O) groups excluding carboxylic acids is 1. The molecule has 3 rings (SSSR count). The van der Waals surface area contributed by atoms with Gasteiger partial charge in [-0.15, -0.1) is 0 Å². The zero-order valence-electron chi connectivity index (χ0n) is 11.4. The van der Waals surface area contributed by atoms with Gasteiger partial charge in [-0.1, -0.05) is 34.1 Å². The van der Waals surface area contributed by atoms with E-state index in [9.17, 15) is 4.79 Å². The summed E-state index contributed by atoms with van der Waals surface area (Å²) in [6, 6.07) is 13.2. The molecule has 1 N–H and O–H groups in total. The van der Waals surface area contributed by atoms with E-state index in [2.05, 4.69) is 26.2 Å². The van der Waals surface area contributed by atoms with Crippen LogP contribution in [0.1, 0.15) is 15.9 Å². The SMILES string of the molecule is Cc1ccc(C(=O)Nc2cccc3cnccc23)cc1Br. The Morgan fingerprint density at radius 2 is 2.05 bits per heavy atom. The first-order chi connectivity index (χ1) is 10.1. The summed E-state index contributed by atoms with van der Waals surface area (Å²) in [5.74, 6) is -0.125. The first-order valence-corrected chi connectivity index (χ1v) is 7.35. The van der Waals surface area contributed by atoms with Crippen LogP contribution in [0.2, 0.25) is 0 Å². The summed E-state index contributed by atoms with van der Waals surface area (Å²) in [5.41, 5.74) is 2.51. The summed E-state index contributed by atoms with van der Waals surface area (Å²) >= 11 is 3.45. The van der Waals surface area contributed by atoms with Crippen LogP contribution in [0.25, 0.3) is 10.8 Å². The molecular weight excluding hydrogens is 328 g/mol. The van der Waals surface area contributed by atoms with Crippen molar-refractivity contribution < 1.29 is 4.79 Å². The fourth-order valence-electron chi connectivity index (χ4n) is 2.16. The Labute approximate surface area is 131 Å². The summed E-state index contributed by atoms with van der Waals surface area (Å²) in [7, 11) is 0. The van der Waals surface area contributed by atoms with E-state index in [1.807, 2.05) is 49.4 Å². The Morgan fingerprint density at radius 1 is 1.19 bits per heavy atom. The van der Waals surface area contributed by atoms with Crippen LogP contribution in [0.15, 0.2) is 59.3 Å². The highest BCUT2D eigenvalue weighted by molar-refractivity contribution is 9.10. The van der Waals surface area contributed by atoms with Crippen molar-refractivity contribution in [3.05, 3.63) is 70.5 Å². The van der Waals surface area contributed by atoms with Crippen LogP contribution in [-0.4, -0.2) is 10.9 Å². The number of amides is 1. The Kier molecular flexibility index (Phi) is 3.71. The molecule has 104 valence electrons. The summed E-state index contributed by atoms with van der Waals surface area (Å²) < 4.78 is 0.928. The predicted molar refractivity (Wildman–Crippen MR) is 88.6 cm³/mol. The molecule has 0 aliphatic heterocycles. The van der Waals surface area contributed by atoms with E-state index < -0.39 is 0 Å². The third kappa shape index (κ3) is 2.81. The van der Waals surface area contributed by atoms with Gasteiger partial charge in [-0.25, -0.2) is 0 Å². The van der Waals surface area contributed by atoms with Gasteiger partial charge in [0.1, 0.15) is 0 Å². The molecule has 0 saturated carbocycles. The fraction of sp³-hybridized carbons (Fsp3) is 0.0588. The van der Waals surface area contributed by atoms with E-state index in [4.69, 9.17) is 0 Å². The number of rotatable bonds is 2. The predicted octanol–water partition coefficient (Wildman–Crippen LogP) is 4.56. The number of hydrogen-bond donors (Lipinski definition) is 1. The third-order valence-electron chi connectivity index (χ3n) is 3.36. The van der Waals surface area contributed by atoms with E-state index in [0.29, 0.717) is 5.56 Å². The molecule has 0 radical (unpaired) electrons. The van der Waals surface area contributed by atoms with Gasteiger partial charge in [-0.05, 0) is 36.8 Å². The molecule has 0 atom stereocenters. The third-order valence-corrected chi connectivity index (χ3v) is 4.22. The summed E-state index contributed by atoms with van der Waals surface area (Å²) in [6.07, 6.45) is 3.51. The van der Waals surface area contributed by atoms with Crippen LogP contribution in [0.3, 0.4) is 0 Å². The Balaban J connectivity index is 1.94. The molecule has 1 amide bonds. The minimum Gasteiger partial charge on any atom is -0.321 e. The number of hydrogen-bond acceptors (Lipinski definition) is 2. The van der Waals surface area contributed by atoms with Gasteiger partial charge in [-0.2, -0.15) is 0 Å². The number of pyridine rings is 1. The highest BCUT2D eigenvalue weighted by atomic mass is 79.9. The maximum atomic E-state index is 12.4. The van der Waals surface area contributed by atoms with Crippen LogP contribution in [-0.2, 0) is 0 Å². The number of aryl methyl sites for hydroxylation is 1. The van der Waals surface area contributed by atoms with Gasteiger partial charge in [0.2, 0.25) is 0 Å². The molecule has 0 unspecified atom stereocenters. The Hall–Kier alpha value is -2.20. The first kappa shape index (κ1) is 13.8. The van der Waals surface area contributed by atoms with Crippen LogP contribution >= 0.6 is 15.9 Å². The van der Waals surface area contributed by atoms with Gasteiger partial charge in [0, 0.05) is 38.9 Å². The minimum atomic E-state index is -0.125. The van der Waals surface area contributed by atoms with Crippen molar-refractivity contribution >= 4 is 38.3 Å². The molecule has 0 aliphatic rings. The molecule has 0 aliphatic carbocycles. The van der Waals surface area contributed by atoms with Crippen molar-refractivity contribution in [1.82, 2.24) is 4.98 Å². The molecule has 21 heavy (non-hydrogen) atoms. The Morgan fingerprint density at radius 3 is 2.86 bits per heavy atom. The molecule has 0 saturated heterocycles. The second kappa shape index (κ2) is 5.66. The molecule has 1 aromatic heterocycles. The number of carbonyl (C=O) groups is 1. The van der Waals surface area contributed by atoms with Crippen molar-refractivity contribution in [3.8, 4) is 0 Å². The Bertz CT molecular complexity index is 825. The number of halogens is 1. The molecule has 3 aromatic rings. The lowest BCUT2D eigenvalue weighted by atomic mass is 10.1. The lowest BCUT2D eigenvalue weighted by Gasteiger charge is -2.09. The van der Waals surface area contributed by atoms with E-state index in [0.717, 1.165) is 26.5 Å². The van der Waals surface area contributed by atoms with E-state index in [-0.39, 0.29) is 5.91 Å². The van der Waals surface area contributed by atoms with Crippen LogP contribution in [0.4, 0.5) is 5.69 Å². The average Bonchev–Trinajstić information content (AvgIpc) is 2.50. The van der Waals surface area contributed by atoms with Gasteiger partial charge < -0.3 is 5.32 Å². The van der Waals surface area contributed by atoms with E-state index in [1.165, 1.54) is 0 Å². The standard InChI is InChI=1S/C17H13BrN2O/c1-11-5-6-12(9-15(11)18)17(21)20-16-4-2-3-13-10-19-8-7-14(13)16/h2-10H,1H3,(H,20,21). The molecule has 1 heterocycles. The molecule has 4 heteroatoms. The number of aromatic nitrogens is 1. The smallest absolute Gasteiger partial charge is 0.255 e. The largest absolute Gasteiger partial charge is 0.321 e. The number of fused-ring (bicyclic) bond motifs is 1. The maximum absolute atomic E-state index is 12.4. The molecule has 0 spiro atoms. The zero-order valence-corrected chi connectivity index (χ0v) is 13.0. The summed E-state index contributed by atoms with van der Waals surface area (Å²) in [6.45, 7) is 1.99. The van der Waals surface area contributed by atoms with Gasteiger partial charge in [-0.3, -0.25) is 9.78 Å². The van der Waals surface area contributed by atoms with Crippen LogP contribution in [0.5, 0.6) is 0 Å². The minimum absolute atomic E-state index is 0.125. The summed E-state index contributed by atoms with van der Waals surface area (Å²) in [5, 5.41) is 4.94. The molecule has 0 bridgehead atoms. The van der Waals surface area contributed by atoms with Crippen molar-refractivity contribution in [2.75, 3.05) is 5.32 Å². The topological polar surface area (TPSA) is 42.0 Å². The lowest BCUT2D eigenvalue weighted by molar-refractivity contribution is 0.102. The number of anilines is 1. The maximum Gasteiger partial charge on any atom is 0.255 e. The van der Waals surface area contributed by atoms with Gasteiger partial charge in [0.15, 0.2) is 0 Å². The molecule has 3 nitrogen and oxygen atoms in total. The van der Waals surface area contributed by atoms with E-state index >= 15 is 0 Å². The quantitative estimate of drug-likeness (QED) is 0.743. The highest BCUT2D eigenvalue weighted by Gasteiger charge is 2.09. The normalized spacial score (nSPS) is 10.6. The van der Waals surface area contributed by atoms with Crippen LogP contribution < -0.4 is 5.32 Å². The number of nitrogens with one attached hydrogen (secondary N) is 1. The van der Waals surface area contributed by atoms with Gasteiger partial charge in [0.25, 0.3) is 5.91 Å². The van der Waals surface area contributed by atoms with Crippen LogP contribution in [0, 0.1) is 6.92 Å². The fourth-order valence-corrected chi connectivity index (χ4v) is 2.54. The second-order valence-corrected chi connectivity index (χ2v) is 5.67. The van der Waals surface area contributed by atoms with Crippen molar-refractivity contribution in [2.45, 2.75) is 6.92 Å². The average molecular weight is 341 g/mol. The summed E-state index contributed by atoms with van der Waals surface area (Å²) in [4.78, 5) is 16.5. The van der Waals surface area contributed by atoms with Crippen molar-refractivity contribution in [3.63, 3.8) is 0 Å². The highest BCUT2D eigenvalue weighted by Crippen LogP contribution is 2.23. The monoisotopic (exact) mass is 340 g/mol. The number of nitrogens with zero attached hydrogens (tertiary/aromatic N) is 1. The van der Waals surface area contributed by atoms with E-state index in [1.54, 1.807) is 12.4 Å². The lowest BCUT2D eigenvalue weighted by Crippen LogP contribution is -2.12. The van der Waals surface area contributed by atoms with Gasteiger partial charge in [0.05, 0.1) is 0 Å². The molecule has 0 fully saturated rings. The second-order valence-electron chi connectivity index (χ2n) is 4.82. The molecule has 2 aromatic carbocycles.